The molecule has 0 radical (unpaired) electrons. The molecule has 1 unspecified atom stereocenters. The Kier molecular flexibility index (Phi) is 6.31. The van der Waals surface area contributed by atoms with Crippen LogP contribution >= 0.6 is 0 Å². The van der Waals surface area contributed by atoms with E-state index in [0.717, 1.165) is 53.3 Å². The van der Waals surface area contributed by atoms with Crippen molar-refractivity contribution in [1.29, 1.82) is 4.78 Å². The minimum absolute atomic E-state index is 0.213. The van der Waals surface area contributed by atoms with E-state index in [1.54, 1.807) is 25.3 Å². The summed E-state index contributed by atoms with van der Waals surface area (Å²) in [4.78, 5) is 29.8. The second-order valence-electron chi connectivity index (χ2n) is 10.6. The van der Waals surface area contributed by atoms with Gasteiger partial charge in [-0.25, -0.2) is 19.0 Å². The summed E-state index contributed by atoms with van der Waals surface area (Å²) in [6, 6.07) is 16.8. The van der Waals surface area contributed by atoms with Crippen LogP contribution < -0.4 is 15.5 Å². The Hall–Kier alpha value is -3.89. The van der Waals surface area contributed by atoms with Crippen molar-refractivity contribution >= 4 is 32.4 Å². The Balaban J connectivity index is 1.20. The number of aromatic nitrogens is 3. The molecule has 200 valence electrons. The molecule has 1 spiro atoms. The van der Waals surface area contributed by atoms with E-state index < -0.39 is 9.73 Å². The summed E-state index contributed by atoms with van der Waals surface area (Å²) in [5.41, 5.74) is 4.42. The number of nitrogens with zero attached hydrogens (tertiary/aromatic N) is 4. The molecule has 1 aliphatic carbocycles. The van der Waals surface area contributed by atoms with E-state index in [4.69, 9.17) is 14.7 Å². The second-order valence-corrected chi connectivity index (χ2v) is 12.7. The highest BCUT2D eigenvalue weighted by atomic mass is 32.2. The fourth-order valence-electron chi connectivity index (χ4n) is 5.11. The van der Waals surface area contributed by atoms with Gasteiger partial charge in [0.15, 0.2) is 0 Å². The minimum atomic E-state index is -2.93. The standard InChI is InChI=1S/C29H31N7O2S/c1-19-6-7-20(14-26(19)39(2,30)38)28(37)32-17-22-15-25-21(16-31-22)8-9-24(34-25)23-4-3-5-27(35-23)36-13-12-33-29(18-36)10-11-29/h3-9,14-16,30,33H,10-13,17-18H2,1-2H3,(H,32,37). The van der Waals surface area contributed by atoms with E-state index in [1.807, 2.05) is 30.3 Å². The molecule has 1 saturated heterocycles. The van der Waals surface area contributed by atoms with Gasteiger partial charge in [0.1, 0.15) is 5.82 Å². The quantitative estimate of drug-likeness (QED) is 0.338. The van der Waals surface area contributed by atoms with Crippen LogP contribution in [0, 0.1) is 11.7 Å². The van der Waals surface area contributed by atoms with Crippen molar-refractivity contribution in [3.8, 4) is 11.4 Å². The highest BCUT2D eigenvalue weighted by Gasteiger charge is 2.45. The highest BCUT2D eigenvalue weighted by Crippen LogP contribution is 2.38. The third-order valence-electron chi connectivity index (χ3n) is 7.48. The number of nitrogens with one attached hydrogen (secondary N) is 3. The van der Waals surface area contributed by atoms with E-state index in [2.05, 4.69) is 26.6 Å². The predicted octanol–water partition coefficient (Wildman–Crippen LogP) is 3.91. The molecule has 1 atom stereocenters. The SMILES string of the molecule is Cc1ccc(C(=O)NCc2cc3nc(-c4cccc(N5CCNC6(CC6)C5)n4)ccc3cn2)cc1S(C)(=N)=O. The molecule has 3 N–H and O–H groups in total. The zero-order valence-corrected chi connectivity index (χ0v) is 22.8. The van der Waals surface area contributed by atoms with E-state index in [1.165, 1.54) is 25.2 Å². The van der Waals surface area contributed by atoms with Crippen molar-refractivity contribution in [1.82, 2.24) is 25.6 Å². The van der Waals surface area contributed by atoms with Crippen LogP contribution in [-0.4, -0.2) is 56.5 Å². The van der Waals surface area contributed by atoms with Gasteiger partial charge in [-0.3, -0.25) is 9.78 Å². The van der Waals surface area contributed by atoms with Crippen molar-refractivity contribution in [3.05, 3.63) is 77.6 Å². The smallest absolute Gasteiger partial charge is 0.251 e. The zero-order valence-electron chi connectivity index (χ0n) is 22.0. The van der Waals surface area contributed by atoms with Gasteiger partial charge >= 0.3 is 0 Å². The van der Waals surface area contributed by atoms with Crippen LogP contribution in [0.3, 0.4) is 0 Å². The monoisotopic (exact) mass is 541 g/mol. The van der Waals surface area contributed by atoms with Crippen LogP contribution in [-0.2, 0) is 16.3 Å². The van der Waals surface area contributed by atoms with Gasteiger partial charge in [-0.15, -0.1) is 0 Å². The van der Waals surface area contributed by atoms with Crippen molar-refractivity contribution in [2.24, 2.45) is 0 Å². The van der Waals surface area contributed by atoms with E-state index in [9.17, 15) is 9.00 Å². The molecular formula is C29H31N7O2S. The Bertz CT molecular complexity index is 1700. The zero-order chi connectivity index (χ0) is 27.2. The fourth-order valence-corrected chi connectivity index (χ4v) is 6.15. The first kappa shape index (κ1) is 25.4. The molecule has 39 heavy (non-hydrogen) atoms. The molecule has 9 nitrogen and oxygen atoms in total. The number of carbonyl (C=O) groups is 1. The van der Waals surface area contributed by atoms with Crippen LogP contribution in [0.25, 0.3) is 22.3 Å². The van der Waals surface area contributed by atoms with Gasteiger partial charge in [-0.2, -0.15) is 0 Å². The summed E-state index contributed by atoms with van der Waals surface area (Å²) in [6.07, 6.45) is 5.56. The minimum Gasteiger partial charge on any atom is -0.353 e. The molecule has 6 rings (SSSR count). The Morgan fingerprint density at radius 3 is 2.74 bits per heavy atom. The number of fused-ring (bicyclic) bond motifs is 1. The van der Waals surface area contributed by atoms with Gasteiger partial charge in [-0.05, 0) is 67.8 Å². The van der Waals surface area contributed by atoms with Crippen LogP contribution in [0.4, 0.5) is 5.82 Å². The lowest BCUT2D eigenvalue weighted by atomic mass is 10.1. The Morgan fingerprint density at radius 1 is 1.13 bits per heavy atom. The molecular weight excluding hydrogens is 510 g/mol. The number of aryl methyl sites for hydroxylation is 1. The topological polar surface area (TPSA) is 124 Å². The number of carbonyl (C=O) groups excluding carboxylic acids is 1. The summed E-state index contributed by atoms with van der Waals surface area (Å²) in [5, 5.41) is 7.42. The van der Waals surface area contributed by atoms with E-state index in [0.29, 0.717) is 16.2 Å². The maximum Gasteiger partial charge on any atom is 0.251 e. The number of anilines is 1. The summed E-state index contributed by atoms with van der Waals surface area (Å²) in [7, 11) is -2.93. The van der Waals surface area contributed by atoms with Crippen molar-refractivity contribution in [3.63, 3.8) is 0 Å². The van der Waals surface area contributed by atoms with E-state index >= 15 is 0 Å². The normalized spacial score (nSPS) is 17.6. The molecule has 2 fully saturated rings. The molecule has 10 heteroatoms. The lowest BCUT2D eigenvalue weighted by molar-refractivity contribution is 0.0950. The number of amides is 1. The first-order chi connectivity index (χ1) is 18.7. The molecule has 1 aromatic carbocycles. The number of pyridine rings is 3. The van der Waals surface area contributed by atoms with Gasteiger partial charge in [0.2, 0.25) is 0 Å². The molecule has 1 aliphatic heterocycles. The maximum atomic E-state index is 12.8. The van der Waals surface area contributed by atoms with Gasteiger partial charge in [0, 0.05) is 48.6 Å². The molecule has 4 heterocycles. The van der Waals surface area contributed by atoms with Crippen LogP contribution in [0.1, 0.15) is 34.5 Å². The first-order valence-corrected chi connectivity index (χ1v) is 15.0. The Labute approximate surface area is 228 Å². The predicted molar refractivity (Wildman–Crippen MR) is 152 cm³/mol. The van der Waals surface area contributed by atoms with Crippen LogP contribution in [0.15, 0.2) is 65.7 Å². The molecule has 1 amide bonds. The van der Waals surface area contributed by atoms with Crippen molar-refractivity contribution < 1.29 is 9.00 Å². The molecule has 1 saturated carbocycles. The van der Waals surface area contributed by atoms with E-state index in [-0.39, 0.29) is 18.0 Å². The van der Waals surface area contributed by atoms with Crippen LogP contribution in [0.5, 0.6) is 0 Å². The highest BCUT2D eigenvalue weighted by molar-refractivity contribution is 7.91. The van der Waals surface area contributed by atoms with Crippen molar-refractivity contribution in [2.45, 2.75) is 36.7 Å². The molecule has 4 aromatic rings. The third-order valence-corrected chi connectivity index (χ3v) is 8.76. The summed E-state index contributed by atoms with van der Waals surface area (Å²) < 4.78 is 20.1. The maximum absolute atomic E-state index is 12.8. The van der Waals surface area contributed by atoms with Gasteiger partial charge in [0.05, 0.1) is 43.8 Å². The molecule has 0 bridgehead atoms. The summed E-state index contributed by atoms with van der Waals surface area (Å²) >= 11 is 0. The number of hydrogen-bond acceptors (Lipinski definition) is 8. The lowest BCUT2D eigenvalue weighted by Crippen LogP contribution is -2.52. The molecule has 3 aromatic heterocycles. The van der Waals surface area contributed by atoms with Gasteiger partial charge in [0.25, 0.3) is 5.91 Å². The second kappa shape index (κ2) is 9.69. The Morgan fingerprint density at radius 2 is 1.95 bits per heavy atom. The average Bonchev–Trinajstić information content (AvgIpc) is 3.68. The largest absolute Gasteiger partial charge is 0.353 e. The lowest BCUT2D eigenvalue weighted by Gasteiger charge is -2.35. The van der Waals surface area contributed by atoms with Crippen molar-refractivity contribution in [2.75, 3.05) is 30.8 Å². The number of benzene rings is 1. The molecule has 2 aliphatic rings. The van der Waals surface area contributed by atoms with Gasteiger partial charge in [-0.1, -0.05) is 12.1 Å². The van der Waals surface area contributed by atoms with Crippen LogP contribution in [0.2, 0.25) is 0 Å². The fraction of sp³-hybridized carbons (Fsp3) is 0.310. The third kappa shape index (κ3) is 5.35. The first-order valence-electron chi connectivity index (χ1n) is 13.0. The van der Waals surface area contributed by atoms with Gasteiger partial charge < -0.3 is 15.5 Å². The summed E-state index contributed by atoms with van der Waals surface area (Å²) in [6.45, 7) is 4.90. The number of hydrogen-bond donors (Lipinski definition) is 3. The summed E-state index contributed by atoms with van der Waals surface area (Å²) in [5.74, 6) is 0.661. The number of rotatable bonds is 6. The number of piperazine rings is 1. The average molecular weight is 542 g/mol.